The van der Waals surface area contributed by atoms with Crippen LogP contribution in [0.5, 0.6) is 0 Å². The van der Waals surface area contributed by atoms with Gasteiger partial charge in [0.25, 0.3) is 0 Å². The number of aliphatic hydroxyl groups is 1. The number of aliphatic hydroxyl groups excluding tert-OH is 1. The Morgan fingerprint density at radius 1 is 0.943 bits per heavy atom. The Hall–Kier alpha value is -4.39. The van der Waals surface area contributed by atoms with E-state index in [1.807, 2.05) is 18.7 Å². The van der Waals surface area contributed by atoms with Crippen LogP contribution in [0, 0.1) is 11.8 Å². The number of fused-ring (bicyclic) bond motifs is 6. The molecule has 7 rings (SSSR count). The molecule has 0 aliphatic carbocycles. The summed E-state index contributed by atoms with van der Waals surface area (Å²) >= 11 is 0. The van der Waals surface area contributed by atoms with Gasteiger partial charge in [-0.25, -0.2) is 9.97 Å². The predicted molar refractivity (Wildman–Crippen MR) is 213 cm³/mol. The summed E-state index contributed by atoms with van der Waals surface area (Å²) in [4.78, 5) is 32.9. The molecule has 2 unspecified atom stereocenters. The molecule has 5 atom stereocenters. The number of aromatic amines is 2. The van der Waals surface area contributed by atoms with Gasteiger partial charge < -0.3 is 36.2 Å². The second kappa shape index (κ2) is 15.5. The monoisotopic (exact) mass is 718 g/mol. The third-order valence-electron chi connectivity index (χ3n) is 11.2. The number of likely N-dealkylation sites (tertiary alicyclic amines) is 1. The fraction of sp³-hybridized carbons (Fsp3) is 0.452. The number of amides is 1. The van der Waals surface area contributed by atoms with Crippen molar-refractivity contribution in [3.05, 3.63) is 72.3 Å². The molecule has 280 valence electrons. The minimum absolute atomic E-state index is 0.0343. The summed E-state index contributed by atoms with van der Waals surface area (Å²) in [5.41, 5.74) is 18.5. The molecule has 0 radical (unpaired) electrons. The summed E-state index contributed by atoms with van der Waals surface area (Å²) in [6.45, 7) is 9.56. The van der Waals surface area contributed by atoms with Crippen LogP contribution in [0.15, 0.2) is 60.7 Å². The van der Waals surface area contributed by atoms with Gasteiger partial charge in [-0.05, 0) is 96.6 Å². The number of benzene rings is 4. The van der Waals surface area contributed by atoms with E-state index in [-0.39, 0.29) is 29.8 Å². The smallest absolute Gasteiger partial charge is 0.240 e. The van der Waals surface area contributed by atoms with E-state index in [1.165, 1.54) is 7.11 Å². The van der Waals surface area contributed by atoms with Gasteiger partial charge in [0, 0.05) is 36.4 Å². The number of hydrogen-bond acceptors (Lipinski definition) is 8. The largest absolute Gasteiger partial charge is 0.356 e. The lowest BCUT2D eigenvalue weighted by molar-refractivity contribution is -0.145. The van der Waals surface area contributed by atoms with Gasteiger partial charge in [0.1, 0.15) is 11.6 Å². The number of hydrogen-bond donors (Lipinski definition) is 6. The van der Waals surface area contributed by atoms with E-state index < -0.39 is 12.5 Å². The van der Waals surface area contributed by atoms with E-state index in [0.29, 0.717) is 19.0 Å². The molecule has 1 fully saturated rings. The van der Waals surface area contributed by atoms with Gasteiger partial charge in [0.15, 0.2) is 0 Å². The zero-order valence-corrected chi connectivity index (χ0v) is 31.5. The van der Waals surface area contributed by atoms with Crippen LogP contribution in [0.4, 0.5) is 0 Å². The van der Waals surface area contributed by atoms with Crippen LogP contribution in [-0.2, 0) is 9.53 Å². The van der Waals surface area contributed by atoms with Crippen molar-refractivity contribution in [2.45, 2.75) is 90.3 Å². The molecule has 1 aliphatic rings. The van der Waals surface area contributed by atoms with Crippen molar-refractivity contribution in [3.8, 4) is 11.1 Å². The average molecular weight is 719 g/mol. The van der Waals surface area contributed by atoms with Gasteiger partial charge in [0.05, 0.1) is 34.2 Å². The molecule has 4 aromatic carbocycles. The lowest BCUT2D eigenvalue weighted by Gasteiger charge is -2.31. The highest BCUT2D eigenvalue weighted by Gasteiger charge is 2.37. The van der Waals surface area contributed by atoms with E-state index >= 15 is 0 Å². The molecule has 53 heavy (non-hydrogen) atoms. The van der Waals surface area contributed by atoms with Crippen molar-refractivity contribution in [1.82, 2.24) is 30.2 Å². The molecule has 2 aromatic heterocycles. The van der Waals surface area contributed by atoms with Gasteiger partial charge in [-0.1, -0.05) is 64.1 Å². The molecule has 0 spiro atoms. The maximum atomic E-state index is 13.7. The predicted octanol–water partition coefficient (Wildman–Crippen LogP) is 6.81. The van der Waals surface area contributed by atoms with Crippen LogP contribution >= 0.6 is 0 Å². The number of nitrogens with two attached hydrogens (primary N) is 2. The molecule has 0 saturated carbocycles. The number of methoxy groups -OCH3 is 1. The summed E-state index contributed by atoms with van der Waals surface area (Å²) in [5, 5.41) is 17.5. The van der Waals surface area contributed by atoms with E-state index in [2.05, 4.69) is 89.8 Å². The number of nitrogens with zero attached hydrogens (tertiary/aromatic N) is 3. The first-order valence-electron chi connectivity index (χ1n) is 19.1. The lowest BCUT2D eigenvalue weighted by Crippen LogP contribution is -2.52. The second-order valence-electron chi connectivity index (χ2n) is 15.5. The Morgan fingerprint density at radius 2 is 1.58 bits per heavy atom. The Labute approximate surface area is 310 Å². The van der Waals surface area contributed by atoms with Gasteiger partial charge in [-0.2, -0.15) is 0 Å². The standard InChI is InChI=1S/C42H54N8O3/c1-23(2)32(44)22-29(8-6-18-43)39-45-33-16-12-27-20-25(10-14-30(27)37(33)47-39)26-11-15-31-28(21-26)13-17-34-38(31)48-40(46-34)35-9-7-19-50(35)41(51)36(24(3)4)49-42(52)53-5/h10-17,20-21,23-24,29,32,35-36,42,49,52H,6-9,18-19,22,43-44H2,1-5H3,(H,45,47)(H,46,48)/t29?,32-,35+,36+,42?/m1/s1. The molecule has 3 heterocycles. The number of imidazole rings is 2. The number of nitrogens with one attached hydrogen (secondary N) is 3. The number of carbonyl (C=O) groups excluding carboxylic acids is 1. The minimum Gasteiger partial charge on any atom is -0.356 e. The summed E-state index contributed by atoms with van der Waals surface area (Å²) < 4.78 is 4.98. The fourth-order valence-corrected chi connectivity index (χ4v) is 7.96. The first kappa shape index (κ1) is 36.9. The molecular formula is C42H54N8O3. The first-order valence-corrected chi connectivity index (χ1v) is 19.1. The van der Waals surface area contributed by atoms with Crippen LogP contribution in [0.25, 0.3) is 54.7 Å². The van der Waals surface area contributed by atoms with Crippen LogP contribution in [0.1, 0.15) is 83.4 Å². The van der Waals surface area contributed by atoms with Crippen molar-refractivity contribution < 1.29 is 14.6 Å². The van der Waals surface area contributed by atoms with Gasteiger partial charge in [-0.3, -0.25) is 10.1 Å². The Balaban J connectivity index is 1.16. The maximum absolute atomic E-state index is 13.7. The lowest BCUT2D eigenvalue weighted by atomic mass is 9.90. The van der Waals surface area contributed by atoms with Crippen LogP contribution in [0.2, 0.25) is 0 Å². The Morgan fingerprint density at radius 3 is 2.19 bits per heavy atom. The number of rotatable bonds is 14. The topological polar surface area (TPSA) is 171 Å². The van der Waals surface area contributed by atoms with E-state index in [1.54, 1.807) is 0 Å². The number of carbonyl (C=O) groups is 1. The number of aromatic nitrogens is 4. The Kier molecular flexibility index (Phi) is 10.8. The molecular weight excluding hydrogens is 665 g/mol. The summed E-state index contributed by atoms with van der Waals surface area (Å²) in [6, 6.07) is 21.0. The summed E-state index contributed by atoms with van der Waals surface area (Å²) in [7, 11) is 1.40. The molecule has 0 bridgehead atoms. The SMILES string of the molecule is COC(O)N[C@H](C(=O)N1CCC[C@H]1c1nc2ccc3cc(-c4ccc5c(ccc6nc(C(CCCN)C[C@@H](N)C(C)C)[nH]c65)c4)ccc3c2[nH]1)C(C)C. The van der Waals surface area contributed by atoms with Crippen LogP contribution in [0.3, 0.4) is 0 Å². The quantitative estimate of drug-likeness (QED) is 0.0667. The maximum Gasteiger partial charge on any atom is 0.240 e. The molecule has 1 saturated heterocycles. The fourth-order valence-electron chi connectivity index (χ4n) is 7.96. The number of ether oxygens (including phenoxy) is 1. The molecule has 11 nitrogen and oxygen atoms in total. The van der Waals surface area contributed by atoms with Gasteiger partial charge in [-0.15, -0.1) is 0 Å². The highest BCUT2D eigenvalue weighted by Crippen LogP contribution is 2.37. The van der Waals surface area contributed by atoms with E-state index in [4.69, 9.17) is 26.2 Å². The molecule has 11 heteroatoms. The second-order valence-corrected chi connectivity index (χ2v) is 15.5. The van der Waals surface area contributed by atoms with Crippen LogP contribution in [-0.4, -0.2) is 74.5 Å². The van der Waals surface area contributed by atoms with Crippen molar-refractivity contribution in [3.63, 3.8) is 0 Å². The van der Waals surface area contributed by atoms with Crippen molar-refractivity contribution >= 4 is 49.5 Å². The third-order valence-corrected chi connectivity index (χ3v) is 11.2. The molecule has 1 aliphatic heterocycles. The molecule has 8 N–H and O–H groups in total. The van der Waals surface area contributed by atoms with Gasteiger partial charge in [0.2, 0.25) is 12.3 Å². The third kappa shape index (κ3) is 7.41. The Bertz CT molecular complexity index is 2220. The highest BCUT2D eigenvalue weighted by molar-refractivity contribution is 6.07. The van der Waals surface area contributed by atoms with Crippen LogP contribution < -0.4 is 16.8 Å². The average Bonchev–Trinajstić information content (AvgIpc) is 3.93. The van der Waals surface area contributed by atoms with Crippen molar-refractivity contribution in [2.24, 2.45) is 23.3 Å². The zero-order valence-electron chi connectivity index (χ0n) is 31.5. The minimum atomic E-state index is -1.21. The highest BCUT2D eigenvalue weighted by atomic mass is 16.6. The number of H-pyrrole nitrogens is 2. The zero-order chi connectivity index (χ0) is 37.4. The van der Waals surface area contributed by atoms with Crippen molar-refractivity contribution in [1.29, 1.82) is 0 Å². The first-order chi connectivity index (χ1) is 25.6. The summed E-state index contributed by atoms with van der Waals surface area (Å²) in [5.74, 6) is 2.33. The van der Waals surface area contributed by atoms with E-state index in [9.17, 15) is 9.90 Å². The molecule has 6 aromatic rings. The van der Waals surface area contributed by atoms with Crippen molar-refractivity contribution in [2.75, 3.05) is 20.2 Å². The van der Waals surface area contributed by atoms with E-state index in [0.717, 1.165) is 98.5 Å². The molecule has 1 amide bonds. The van der Waals surface area contributed by atoms with Gasteiger partial charge >= 0.3 is 0 Å². The summed E-state index contributed by atoms with van der Waals surface area (Å²) in [6.07, 6.45) is 3.27. The normalized spacial score (nSPS) is 17.5.